The van der Waals surface area contributed by atoms with Crippen molar-refractivity contribution in [3.8, 4) is 0 Å². The standard InChI is InChI=1S/C30H43N9O9/c1-15(35-29(48)30(3,4)39-27(45)23(16(2)40)38-25(43)19(31)12-22(32)41)24(42)36-20(10-17-8-6-5-7-9-17)26(44)37-21(28(46)47)11-18-13-33-14-34-18/h5-9,13-16,19-21,23,40H,10-12,31H2,1-4H3,(H2,32,41)(H,33,34)(H,35,48)(H,36,42)(H,37,44)(H,38,43)(H,39,45)(H,46,47)/t15-,16+,19-,20-,21-,23-/m0/s1. The van der Waals surface area contributed by atoms with Crippen LogP contribution in [0.5, 0.6) is 0 Å². The number of aromatic nitrogens is 2. The second-order valence-electron chi connectivity index (χ2n) is 11.7. The van der Waals surface area contributed by atoms with Gasteiger partial charge in [-0.05, 0) is 33.3 Å². The second-order valence-corrected chi connectivity index (χ2v) is 11.7. The van der Waals surface area contributed by atoms with E-state index in [0.717, 1.165) is 0 Å². The lowest BCUT2D eigenvalue weighted by molar-refractivity contribution is -0.142. The third-order valence-electron chi connectivity index (χ3n) is 7.06. The number of hydrogen-bond donors (Lipinski definition) is 10. The molecule has 0 spiro atoms. The highest BCUT2D eigenvalue weighted by Crippen LogP contribution is 2.08. The summed E-state index contributed by atoms with van der Waals surface area (Å²) in [6.07, 6.45) is 0.778. The van der Waals surface area contributed by atoms with Gasteiger partial charge in [-0.15, -0.1) is 0 Å². The fourth-order valence-corrected chi connectivity index (χ4v) is 4.30. The molecular formula is C30H43N9O9. The quantitative estimate of drug-likeness (QED) is 0.0748. The Hall–Kier alpha value is -5.36. The van der Waals surface area contributed by atoms with Crippen LogP contribution in [0, 0.1) is 0 Å². The summed E-state index contributed by atoms with van der Waals surface area (Å²) in [6.45, 7) is 5.16. The highest BCUT2D eigenvalue weighted by Gasteiger charge is 2.37. The van der Waals surface area contributed by atoms with Crippen LogP contribution < -0.4 is 38.1 Å². The number of carbonyl (C=O) groups is 7. The van der Waals surface area contributed by atoms with Crippen LogP contribution in [0.2, 0.25) is 0 Å². The number of nitrogens with zero attached hydrogens (tertiary/aromatic N) is 1. The molecule has 1 heterocycles. The monoisotopic (exact) mass is 673 g/mol. The first kappa shape index (κ1) is 38.8. The fraction of sp³-hybridized carbons (Fsp3) is 0.467. The minimum Gasteiger partial charge on any atom is -0.480 e. The van der Waals surface area contributed by atoms with Gasteiger partial charge < -0.3 is 53.2 Å². The molecule has 6 atom stereocenters. The van der Waals surface area contributed by atoms with Crippen molar-refractivity contribution in [1.29, 1.82) is 0 Å². The summed E-state index contributed by atoms with van der Waals surface area (Å²) in [5.74, 6) is -6.49. The molecule has 0 aliphatic heterocycles. The van der Waals surface area contributed by atoms with Crippen molar-refractivity contribution in [3.05, 3.63) is 54.1 Å². The molecule has 0 radical (unpaired) electrons. The number of nitrogens with one attached hydrogen (secondary N) is 6. The third-order valence-corrected chi connectivity index (χ3v) is 7.06. The number of hydrogen-bond acceptors (Lipinski definition) is 10. The number of aliphatic carboxylic acids is 1. The van der Waals surface area contributed by atoms with Crippen molar-refractivity contribution in [2.75, 3.05) is 0 Å². The number of rotatable bonds is 18. The molecule has 2 rings (SSSR count). The number of benzene rings is 1. The van der Waals surface area contributed by atoms with Crippen molar-refractivity contribution in [2.24, 2.45) is 11.5 Å². The first-order valence-electron chi connectivity index (χ1n) is 14.9. The molecule has 0 bridgehead atoms. The van der Waals surface area contributed by atoms with Gasteiger partial charge in [-0.25, -0.2) is 9.78 Å². The summed E-state index contributed by atoms with van der Waals surface area (Å²) >= 11 is 0. The molecule has 2 aromatic rings. The van der Waals surface area contributed by atoms with Gasteiger partial charge in [-0.3, -0.25) is 28.8 Å². The van der Waals surface area contributed by atoms with Crippen molar-refractivity contribution >= 4 is 41.4 Å². The third kappa shape index (κ3) is 12.1. The van der Waals surface area contributed by atoms with Crippen LogP contribution in [0.1, 0.15) is 45.4 Å². The maximum absolute atomic E-state index is 13.3. The number of nitrogens with two attached hydrogens (primary N) is 2. The Bertz CT molecular complexity index is 1450. The van der Waals surface area contributed by atoms with E-state index in [0.29, 0.717) is 11.3 Å². The largest absolute Gasteiger partial charge is 0.480 e. The van der Waals surface area contributed by atoms with Crippen LogP contribution in [0.4, 0.5) is 0 Å². The Morgan fingerprint density at radius 3 is 2.04 bits per heavy atom. The topological polar surface area (TPSA) is 301 Å². The Kier molecular flexibility index (Phi) is 14.2. The summed E-state index contributed by atoms with van der Waals surface area (Å²) < 4.78 is 0. The smallest absolute Gasteiger partial charge is 0.326 e. The maximum Gasteiger partial charge on any atom is 0.326 e. The molecule has 0 saturated heterocycles. The number of imidazole rings is 1. The number of amides is 6. The Labute approximate surface area is 276 Å². The number of aromatic amines is 1. The minimum absolute atomic E-state index is 0.00900. The number of aliphatic hydroxyl groups excluding tert-OH is 1. The molecule has 0 aliphatic carbocycles. The van der Waals surface area contributed by atoms with E-state index in [1.807, 2.05) is 0 Å². The van der Waals surface area contributed by atoms with Gasteiger partial charge in [-0.2, -0.15) is 0 Å². The summed E-state index contributed by atoms with van der Waals surface area (Å²) in [7, 11) is 0. The molecule has 0 saturated carbocycles. The molecule has 18 heteroatoms. The van der Waals surface area contributed by atoms with E-state index in [2.05, 4.69) is 36.6 Å². The van der Waals surface area contributed by atoms with Gasteiger partial charge in [0.05, 0.1) is 30.6 Å². The summed E-state index contributed by atoms with van der Waals surface area (Å²) in [4.78, 5) is 94.6. The normalized spacial score (nSPS) is 15.0. The molecule has 0 fully saturated rings. The lowest BCUT2D eigenvalue weighted by Crippen LogP contribution is -2.64. The van der Waals surface area contributed by atoms with Gasteiger partial charge >= 0.3 is 5.97 Å². The highest BCUT2D eigenvalue weighted by molar-refractivity contribution is 5.98. The zero-order valence-corrected chi connectivity index (χ0v) is 27.0. The number of aliphatic hydroxyl groups is 1. The van der Waals surface area contributed by atoms with Gasteiger partial charge in [0.2, 0.25) is 35.4 Å². The van der Waals surface area contributed by atoms with Crippen LogP contribution in [0.15, 0.2) is 42.9 Å². The lowest BCUT2D eigenvalue weighted by atomic mass is 10.0. The Morgan fingerprint density at radius 2 is 1.50 bits per heavy atom. The fourth-order valence-electron chi connectivity index (χ4n) is 4.30. The zero-order valence-electron chi connectivity index (χ0n) is 27.0. The minimum atomic E-state index is -1.69. The summed E-state index contributed by atoms with van der Waals surface area (Å²) in [6, 6.07) is 1.85. The number of carboxylic acid groups (broad SMARTS) is 1. The van der Waals surface area contributed by atoms with Gasteiger partial charge in [-0.1, -0.05) is 30.3 Å². The predicted molar refractivity (Wildman–Crippen MR) is 169 cm³/mol. The highest BCUT2D eigenvalue weighted by atomic mass is 16.4. The maximum atomic E-state index is 13.3. The van der Waals surface area contributed by atoms with Crippen molar-refractivity contribution in [3.63, 3.8) is 0 Å². The molecule has 6 amide bonds. The molecule has 0 aliphatic rings. The Balaban J connectivity index is 2.12. The van der Waals surface area contributed by atoms with Crippen LogP contribution >= 0.6 is 0 Å². The van der Waals surface area contributed by atoms with E-state index >= 15 is 0 Å². The van der Waals surface area contributed by atoms with Gasteiger partial charge in [0, 0.05) is 19.0 Å². The first-order valence-corrected chi connectivity index (χ1v) is 14.9. The van der Waals surface area contributed by atoms with Gasteiger partial charge in [0.25, 0.3) is 0 Å². The van der Waals surface area contributed by atoms with E-state index in [1.54, 1.807) is 30.3 Å². The molecule has 18 nitrogen and oxygen atoms in total. The molecule has 48 heavy (non-hydrogen) atoms. The van der Waals surface area contributed by atoms with Crippen LogP contribution in [-0.4, -0.2) is 103 Å². The average Bonchev–Trinajstić information content (AvgIpc) is 3.51. The molecule has 1 aromatic heterocycles. The van der Waals surface area contributed by atoms with Crippen molar-refractivity contribution in [2.45, 2.75) is 88.8 Å². The Morgan fingerprint density at radius 1 is 0.875 bits per heavy atom. The summed E-state index contributed by atoms with van der Waals surface area (Å²) in [5, 5.41) is 31.8. The number of H-pyrrole nitrogens is 1. The van der Waals surface area contributed by atoms with Crippen LogP contribution in [-0.2, 0) is 46.4 Å². The van der Waals surface area contributed by atoms with E-state index in [-0.39, 0.29) is 12.8 Å². The van der Waals surface area contributed by atoms with E-state index in [9.17, 15) is 43.8 Å². The van der Waals surface area contributed by atoms with Crippen LogP contribution in [0.25, 0.3) is 0 Å². The second kappa shape index (κ2) is 17.5. The number of carboxylic acids is 1. The van der Waals surface area contributed by atoms with Crippen molar-refractivity contribution < 1.29 is 43.8 Å². The molecular weight excluding hydrogens is 630 g/mol. The van der Waals surface area contributed by atoms with E-state index in [4.69, 9.17) is 11.5 Å². The summed E-state index contributed by atoms with van der Waals surface area (Å²) in [5.41, 5.74) is 10.0. The van der Waals surface area contributed by atoms with Crippen molar-refractivity contribution in [1.82, 2.24) is 36.6 Å². The molecule has 12 N–H and O–H groups in total. The van der Waals surface area contributed by atoms with Crippen LogP contribution in [0.3, 0.4) is 0 Å². The molecule has 0 unspecified atom stereocenters. The van der Waals surface area contributed by atoms with Gasteiger partial charge in [0.1, 0.15) is 29.7 Å². The lowest BCUT2D eigenvalue weighted by Gasteiger charge is -2.30. The van der Waals surface area contributed by atoms with E-state index in [1.165, 1.54) is 40.2 Å². The van der Waals surface area contributed by atoms with E-state index < -0.39 is 89.7 Å². The zero-order chi connectivity index (χ0) is 36.2. The predicted octanol–water partition coefficient (Wildman–Crippen LogP) is -3.28. The molecule has 1 aromatic carbocycles. The number of carbonyl (C=O) groups excluding carboxylic acids is 6. The number of primary amides is 1. The first-order chi connectivity index (χ1) is 22.4. The van der Waals surface area contributed by atoms with Gasteiger partial charge in [0.15, 0.2) is 0 Å². The molecule has 262 valence electrons. The SMILES string of the molecule is C[C@H](NC(=O)C(C)(C)NC(=O)[C@@H](NC(=O)[C@@H](N)CC(N)=O)[C@@H](C)O)C(=O)N[C@@H](Cc1ccccc1)C(=O)N[C@@H](Cc1c[nH]cn1)C(=O)O. The average molecular weight is 674 g/mol.